The lowest BCUT2D eigenvalue weighted by Gasteiger charge is -2.10. The number of hydrogen-bond donors (Lipinski definition) is 2. The van der Waals surface area contributed by atoms with Crippen LogP contribution in [-0.4, -0.2) is 48.7 Å². The summed E-state index contributed by atoms with van der Waals surface area (Å²) in [4.78, 5) is 28.5. The van der Waals surface area contributed by atoms with Crippen molar-refractivity contribution in [3.8, 4) is 5.82 Å². The summed E-state index contributed by atoms with van der Waals surface area (Å²) in [5, 5.41) is 10.4. The third-order valence-corrected chi connectivity index (χ3v) is 3.54. The maximum atomic E-state index is 11.9. The first-order valence-electron chi connectivity index (χ1n) is 8.21. The summed E-state index contributed by atoms with van der Waals surface area (Å²) >= 11 is 0. The lowest BCUT2D eigenvalue weighted by molar-refractivity contribution is 0.0944. The quantitative estimate of drug-likeness (QED) is 0.642. The zero-order valence-electron chi connectivity index (χ0n) is 14.9. The lowest BCUT2D eigenvalue weighted by atomic mass is 10.4. The highest BCUT2D eigenvalue weighted by Crippen LogP contribution is 2.13. The van der Waals surface area contributed by atoms with E-state index in [9.17, 15) is 4.79 Å². The number of nitrogens with one attached hydrogen (secondary N) is 2. The van der Waals surface area contributed by atoms with E-state index in [0.29, 0.717) is 30.5 Å². The highest BCUT2D eigenvalue weighted by molar-refractivity contribution is 5.90. The van der Waals surface area contributed by atoms with Crippen molar-refractivity contribution < 1.29 is 4.79 Å². The van der Waals surface area contributed by atoms with E-state index in [-0.39, 0.29) is 11.7 Å². The van der Waals surface area contributed by atoms with Crippen LogP contribution in [0.4, 0.5) is 5.82 Å². The number of nitrogens with zero attached hydrogens (tertiary/aromatic N) is 6. The predicted molar refractivity (Wildman–Crippen MR) is 96.2 cm³/mol. The number of carbonyl (C=O) groups excluding carboxylic acids is 1. The second-order valence-electron chi connectivity index (χ2n) is 5.75. The summed E-state index contributed by atoms with van der Waals surface area (Å²) in [6.07, 6.45) is 3.06. The van der Waals surface area contributed by atoms with Gasteiger partial charge in [0.05, 0.1) is 5.69 Å². The van der Waals surface area contributed by atoms with Crippen LogP contribution in [0.15, 0.2) is 30.6 Å². The Bertz CT molecular complexity index is 906. The van der Waals surface area contributed by atoms with Crippen LogP contribution in [0.5, 0.6) is 0 Å². The number of rotatable bonds is 6. The number of hydrogen-bond acceptors (Lipinski definition) is 7. The topological polar surface area (TPSA) is 111 Å². The first-order valence-corrected chi connectivity index (χ1v) is 8.21. The van der Waals surface area contributed by atoms with Crippen LogP contribution < -0.4 is 10.6 Å². The number of aryl methyl sites for hydroxylation is 3. The minimum atomic E-state index is -0.311. The van der Waals surface area contributed by atoms with Crippen molar-refractivity contribution in [3.05, 3.63) is 53.6 Å². The molecule has 26 heavy (non-hydrogen) atoms. The molecule has 3 rings (SSSR count). The SMILES string of the molecule is Cc1cc(C)n(-c2cc(NCCNC(=O)c3ncccn3)nc(C)n2)n1. The zero-order chi connectivity index (χ0) is 18.5. The fraction of sp³-hybridized carbons (Fsp3) is 0.294. The maximum Gasteiger partial charge on any atom is 0.289 e. The second-order valence-corrected chi connectivity index (χ2v) is 5.75. The van der Waals surface area contributed by atoms with E-state index in [1.165, 1.54) is 12.4 Å². The van der Waals surface area contributed by atoms with Crippen molar-refractivity contribution in [2.75, 3.05) is 18.4 Å². The van der Waals surface area contributed by atoms with Crippen LogP contribution in [0.25, 0.3) is 5.82 Å². The Labute approximate surface area is 150 Å². The monoisotopic (exact) mass is 352 g/mol. The predicted octanol–water partition coefficient (Wildman–Crippen LogP) is 1.22. The van der Waals surface area contributed by atoms with Gasteiger partial charge in [0.2, 0.25) is 5.82 Å². The average molecular weight is 352 g/mol. The fourth-order valence-corrected chi connectivity index (χ4v) is 2.47. The summed E-state index contributed by atoms with van der Waals surface area (Å²) in [5.41, 5.74) is 1.93. The van der Waals surface area contributed by atoms with Gasteiger partial charge in [0.15, 0.2) is 5.82 Å². The van der Waals surface area contributed by atoms with E-state index in [4.69, 9.17) is 0 Å². The summed E-state index contributed by atoms with van der Waals surface area (Å²) in [7, 11) is 0. The lowest BCUT2D eigenvalue weighted by Crippen LogP contribution is -2.30. The average Bonchev–Trinajstić information content (AvgIpc) is 2.97. The number of amides is 1. The van der Waals surface area contributed by atoms with E-state index < -0.39 is 0 Å². The maximum absolute atomic E-state index is 11.9. The van der Waals surface area contributed by atoms with Crippen LogP contribution in [0, 0.1) is 20.8 Å². The Balaban J connectivity index is 1.60. The van der Waals surface area contributed by atoms with Crippen molar-refractivity contribution in [1.29, 1.82) is 0 Å². The largest absolute Gasteiger partial charge is 0.368 e. The highest BCUT2D eigenvalue weighted by atomic mass is 16.2. The Morgan fingerprint density at radius 2 is 1.85 bits per heavy atom. The summed E-state index contributed by atoms with van der Waals surface area (Å²) < 4.78 is 1.78. The first kappa shape index (κ1) is 17.5. The van der Waals surface area contributed by atoms with Crippen molar-refractivity contribution in [2.24, 2.45) is 0 Å². The van der Waals surface area contributed by atoms with E-state index in [2.05, 4.69) is 35.7 Å². The van der Waals surface area contributed by atoms with Gasteiger partial charge in [-0.1, -0.05) is 0 Å². The molecule has 0 bridgehead atoms. The molecule has 0 aromatic carbocycles. The molecule has 9 heteroatoms. The molecular weight excluding hydrogens is 332 g/mol. The Morgan fingerprint density at radius 3 is 2.54 bits per heavy atom. The molecule has 0 fully saturated rings. The van der Waals surface area contributed by atoms with Crippen LogP contribution >= 0.6 is 0 Å². The van der Waals surface area contributed by atoms with Crippen LogP contribution in [0.2, 0.25) is 0 Å². The molecule has 134 valence electrons. The van der Waals surface area contributed by atoms with Crippen LogP contribution in [0.3, 0.4) is 0 Å². The molecule has 3 aromatic heterocycles. The third-order valence-electron chi connectivity index (χ3n) is 3.54. The molecule has 3 heterocycles. The van der Waals surface area contributed by atoms with Gasteiger partial charge in [0.1, 0.15) is 11.6 Å². The summed E-state index contributed by atoms with van der Waals surface area (Å²) in [6, 6.07) is 5.48. The molecule has 0 aliphatic heterocycles. The van der Waals surface area contributed by atoms with Gasteiger partial charge in [-0.2, -0.15) is 5.10 Å². The molecule has 0 atom stereocenters. The van der Waals surface area contributed by atoms with E-state index in [0.717, 1.165) is 11.4 Å². The molecule has 1 amide bonds. The molecule has 9 nitrogen and oxygen atoms in total. The molecule has 0 saturated heterocycles. The molecular formula is C17H20N8O. The third kappa shape index (κ3) is 4.18. The van der Waals surface area contributed by atoms with Gasteiger partial charge in [-0.25, -0.2) is 24.6 Å². The molecule has 0 aliphatic rings. The van der Waals surface area contributed by atoms with Crippen molar-refractivity contribution in [1.82, 2.24) is 35.0 Å². The summed E-state index contributed by atoms with van der Waals surface area (Å²) in [5.74, 6) is 1.85. The fourth-order valence-electron chi connectivity index (χ4n) is 2.47. The van der Waals surface area contributed by atoms with Gasteiger partial charge >= 0.3 is 0 Å². The van der Waals surface area contributed by atoms with Gasteiger partial charge in [-0.15, -0.1) is 0 Å². The normalized spacial score (nSPS) is 10.6. The van der Waals surface area contributed by atoms with E-state index in [1.807, 2.05) is 32.9 Å². The second kappa shape index (κ2) is 7.68. The smallest absolute Gasteiger partial charge is 0.289 e. The van der Waals surface area contributed by atoms with Crippen molar-refractivity contribution in [2.45, 2.75) is 20.8 Å². The minimum Gasteiger partial charge on any atom is -0.368 e. The van der Waals surface area contributed by atoms with Gasteiger partial charge in [0, 0.05) is 37.2 Å². The Kier molecular flexibility index (Phi) is 5.16. The Morgan fingerprint density at radius 1 is 1.08 bits per heavy atom. The van der Waals surface area contributed by atoms with Gasteiger partial charge < -0.3 is 10.6 Å². The van der Waals surface area contributed by atoms with Crippen molar-refractivity contribution in [3.63, 3.8) is 0 Å². The molecule has 0 radical (unpaired) electrons. The molecule has 3 aromatic rings. The summed E-state index contributed by atoms with van der Waals surface area (Å²) in [6.45, 7) is 6.66. The van der Waals surface area contributed by atoms with E-state index >= 15 is 0 Å². The molecule has 0 saturated carbocycles. The van der Waals surface area contributed by atoms with Gasteiger partial charge in [-0.05, 0) is 32.9 Å². The molecule has 0 unspecified atom stereocenters. The van der Waals surface area contributed by atoms with Gasteiger partial charge in [0.25, 0.3) is 5.91 Å². The van der Waals surface area contributed by atoms with Crippen molar-refractivity contribution >= 4 is 11.7 Å². The molecule has 2 N–H and O–H groups in total. The minimum absolute atomic E-state index is 0.150. The standard InChI is InChI=1S/C17H20N8O/c1-11-9-12(2)25(24-11)15-10-14(22-13(3)23-15)18-7-8-21-17(26)16-19-5-4-6-20-16/h4-6,9-10H,7-8H2,1-3H3,(H,21,26)(H,18,22,23). The zero-order valence-corrected chi connectivity index (χ0v) is 14.9. The number of carbonyl (C=O) groups is 1. The number of anilines is 1. The van der Waals surface area contributed by atoms with Gasteiger partial charge in [-0.3, -0.25) is 4.79 Å². The first-order chi connectivity index (χ1) is 12.5. The highest BCUT2D eigenvalue weighted by Gasteiger charge is 2.09. The Hall–Kier alpha value is -3.36. The van der Waals surface area contributed by atoms with E-state index in [1.54, 1.807) is 10.7 Å². The number of aromatic nitrogens is 6. The van der Waals surface area contributed by atoms with Crippen LogP contribution in [0.1, 0.15) is 27.8 Å². The van der Waals surface area contributed by atoms with Crippen LogP contribution in [-0.2, 0) is 0 Å². The molecule has 0 spiro atoms. The molecule has 0 aliphatic carbocycles.